The lowest BCUT2D eigenvalue weighted by atomic mass is 10.1. The number of rotatable bonds is 5. The van der Waals surface area contributed by atoms with Crippen molar-refractivity contribution in [2.75, 3.05) is 13.6 Å². The molecular formula is C20H19ClN2O3. The summed E-state index contributed by atoms with van der Waals surface area (Å²) in [4.78, 5) is 39.9. The fraction of sp³-hybridized carbons (Fsp3) is 0.250. The Morgan fingerprint density at radius 1 is 1.08 bits per heavy atom. The second kappa shape index (κ2) is 7.30. The smallest absolute Gasteiger partial charge is 0.261 e. The fourth-order valence-electron chi connectivity index (χ4n) is 2.98. The molecule has 26 heavy (non-hydrogen) atoms. The summed E-state index contributed by atoms with van der Waals surface area (Å²) in [5.74, 6) is -0.834. The van der Waals surface area contributed by atoms with Crippen LogP contribution in [-0.4, -0.2) is 41.1 Å². The number of hydrogen-bond donors (Lipinski definition) is 0. The van der Waals surface area contributed by atoms with Crippen LogP contribution in [0.25, 0.3) is 0 Å². The average Bonchev–Trinajstić information content (AvgIpc) is 2.85. The summed E-state index contributed by atoms with van der Waals surface area (Å²) in [5.41, 5.74) is 2.58. The van der Waals surface area contributed by atoms with E-state index >= 15 is 0 Å². The first-order valence-corrected chi connectivity index (χ1v) is 8.70. The van der Waals surface area contributed by atoms with Gasteiger partial charge in [-0.1, -0.05) is 41.4 Å². The van der Waals surface area contributed by atoms with Crippen molar-refractivity contribution >= 4 is 29.3 Å². The summed E-state index contributed by atoms with van der Waals surface area (Å²) in [5, 5.41) is 0.600. The van der Waals surface area contributed by atoms with Gasteiger partial charge in [0.1, 0.15) is 0 Å². The first kappa shape index (κ1) is 18.1. The van der Waals surface area contributed by atoms with Crippen LogP contribution in [0.3, 0.4) is 0 Å². The van der Waals surface area contributed by atoms with Gasteiger partial charge in [-0.2, -0.15) is 0 Å². The molecule has 0 saturated carbocycles. The van der Waals surface area contributed by atoms with E-state index in [2.05, 4.69) is 0 Å². The number of fused-ring (bicyclic) bond motifs is 1. The molecule has 0 radical (unpaired) electrons. The van der Waals surface area contributed by atoms with Crippen molar-refractivity contribution in [3.63, 3.8) is 0 Å². The quantitative estimate of drug-likeness (QED) is 0.759. The van der Waals surface area contributed by atoms with Crippen molar-refractivity contribution in [3.8, 4) is 0 Å². The molecule has 1 heterocycles. The third-order valence-electron chi connectivity index (χ3n) is 4.47. The van der Waals surface area contributed by atoms with Gasteiger partial charge in [-0.05, 0) is 30.7 Å². The van der Waals surface area contributed by atoms with E-state index in [9.17, 15) is 14.4 Å². The zero-order valence-electron chi connectivity index (χ0n) is 14.7. The molecule has 0 fully saturated rings. The SMILES string of the molecule is Cc1ccc2c(c1)C(=O)N(CCC(=O)N(C)Cc1ccccc1Cl)C2=O. The van der Waals surface area contributed by atoms with Crippen LogP contribution in [0.1, 0.15) is 38.3 Å². The number of benzene rings is 2. The number of nitrogens with zero attached hydrogens (tertiary/aromatic N) is 2. The summed E-state index contributed by atoms with van der Waals surface area (Å²) in [7, 11) is 1.68. The Morgan fingerprint density at radius 2 is 1.77 bits per heavy atom. The molecule has 5 nitrogen and oxygen atoms in total. The van der Waals surface area contributed by atoms with Gasteiger partial charge in [0.2, 0.25) is 5.91 Å². The highest BCUT2D eigenvalue weighted by molar-refractivity contribution is 6.31. The Kier molecular flexibility index (Phi) is 5.09. The van der Waals surface area contributed by atoms with Crippen molar-refractivity contribution in [1.29, 1.82) is 0 Å². The molecule has 1 aliphatic rings. The first-order chi connectivity index (χ1) is 12.4. The lowest BCUT2D eigenvalue weighted by Gasteiger charge is -2.20. The number of halogens is 1. The maximum Gasteiger partial charge on any atom is 0.261 e. The standard InChI is InChI=1S/C20H19ClN2O3/c1-13-7-8-15-16(11-13)20(26)23(19(15)25)10-9-18(24)22(2)12-14-5-3-4-6-17(14)21/h3-8,11H,9-10,12H2,1-2H3. The molecule has 1 aliphatic heterocycles. The highest BCUT2D eigenvalue weighted by atomic mass is 35.5. The second-order valence-electron chi connectivity index (χ2n) is 6.40. The Balaban J connectivity index is 1.62. The number of carbonyl (C=O) groups excluding carboxylic acids is 3. The van der Waals surface area contributed by atoms with Crippen LogP contribution < -0.4 is 0 Å². The van der Waals surface area contributed by atoms with Crippen molar-refractivity contribution in [3.05, 3.63) is 69.7 Å². The highest BCUT2D eigenvalue weighted by Gasteiger charge is 2.35. The van der Waals surface area contributed by atoms with Crippen molar-refractivity contribution < 1.29 is 14.4 Å². The first-order valence-electron chi connectivity index (χ1n) is 8.32. The normalized spacial score (nSPS) is 13.1. The Hall–Kier alpha value is -2.66. The van der Waals surface area contributed by atoms with Crippen LogP contribution in [-0.2, 0) is 11.3 Å². The predicted octanol–water partition coefficient (Wildman–Crippen LogP) is 3.29. The molecule has 3 rings (SSSR count). The number of aryl methyl sites for hydroxylation is 1. The van der Waals surface area contributed by atoms with Gasteiger partial charge in [-0.3, -0.25) is 19.3 Å². The Morgan fingerprint density at radius 3 is 2.50 bits per heavy atom. The van der Waals surface area contributed by atoms with Crippen LogP contribution in [0.15, 0.2) is 42.5 Å². The summed E-state index contributed by atoms with van der Waals surface area (Å²) in [6.45, 7) is 2.31. The minimum atomic E-state index is -0.341. The molecular weight excluding hydrogens is 352 g/mol. The Labute approximate surface area is 157 Å². The molecule has 0 unspecified atom stereocenters. The van der Waals surface area contributed by atoms with Crippen LogP contribution in [0.4, 0.5) is 0 Å². The van der Waals surface area contributed by atoms with E-state index in [1.165, 1.54) is 0 Å². The molecule has 2 aromatic rings. The van der Waals surface area contributed by atoms with Gasteiger partial charge in [0, 0.05) is 31.6 Å². The molecule has 0 spiro atoms. The minimum absolute atomic E-state index is 0.0666. The largest absolute Gasteiger partial charge is 0.341 e. The van der Waals surface area contributed by atoms with Crippen molar-refractivity contribution in [1.82, 2.24) is 9.80 Å². The zero-order chi connectivity index (χ0) is 18.8. The van der Waals surface area contributed by atoms with Gasteiger partial charge in [-0.15, -0.1) is 0 Å². The van der Waals surface area contributed by atoms with E-state index in [4.69, 9.17) is 11.6 Å². The van der Waals surface area contributed by atoms with E-state index < -0.39 is 0 Å². The summed E-state index contributed by atoms with van der Waals surface area (Å²) in [6.07, 6.45) is 0.0748. The van der Waals surface area contributed by atoms with Gasteiger partial charge in [0.15, 0.2) is 0 Å². The van der Waals surface area contributed by atoms with E-state index in [0.29, 0.717) is 22.7 Å². The van der Waals surface area contributed by atoms with Gasteiger partial charge < -0.3 is 4.90 Å². The van der Waals surface area contributed by atoms with Gasteiger partial charge in [0.25, 0.3) is 11.8 Å². The lowest BCUT2D eigenvalue weighted by Crippen LogP contribution is -2.35. The molecule has 0 aliphatic carbocycles. The maximum absolute atomic E-state index is 12.4. The molecule has 0 bridgehead atoms. The van der Waals surface area contributed by atoms with Crippen LogP contribution in [0.5, 0.6) is 0 Å². The maximum atomic E-state index is 12.4. The number of hydrogen-bond acceptors (Lipinski definition) is 3. The lowest BCUT2D eigenvalue weighted by molar-refractivity contribution is -0.130. The average molecular weight is 371 g/mol. The van der Waals surface area contributed by atoms with Gasteiger partial charge in [-0.25, -0.2) is 0 Å². The van der Waals surface area contributed by atoms with Crippen LogP contribution >= 0.6 is 11.6 Å². The summed E-state index contributed by atoms with van der Waals surface area (Å²) in [6, 6.07) is 12.5. The second-order valence-corrected chi connectivity index (χ2v) is 6.81. The van der Waals surface area contributed by atoms with Crippen molar-refractivity contribution in [2.24, 2.45) is 0 Å². The third-order valence-corrected chi connectivity index (χ3v) is 4.84. The molecule has 134 valence electrons. The van der Waals surface area contributed by atoms with Gasteiger partial charge in [0.05, 0.1) is 11.1 Å². The van der Waals surface area contributed by atoms with Gasteiger partial charge >= 0.3 is 0 Å². The Bertz CT molecular complexity index is 894. The molecule has 3 amide bonds. The minimum Gasteiger partial charge on any atom is -0.341 e. The van der Waals surface area contributed by atoms with E-state index in [1.807, 2.05) is 25.1 Å². The molecule has 0 atom stereocenters. The number of amides is 3. The zero-order valence-corrected chi connectivity index (χ0v) is 15.4. The number of imide groups is 1. The molecule has 2 aromatic carbocycles. The third kappa shape index (κ3) is 3.48. The van der Waals surface area contributed by atoms with Crippen molar-refractivity contribution in [2.45, 2.75) is 19.9 Å². The van der Waals surface area contributed by atoms with Crippen LogP contribution in [0, 0.1) is 6.92 Å². The number of carbonyl (C=O) groups is 3. The molecule has 0 N–H and O–H groups in total. The molecule has 0 saturated heterocycles. The summed E-state index contributed by atoms with van der Waals surface area (Å²) >= 11 is 6.12. The molecule has 0 aromatic heterocycles. The monoisotopic (exact) mass is 370 g/mol. The predicted molar refractivity (Wildman–Crippen MR) is 99.1 cm³/mol. The van der Waals surface area contributed by atoms with E-state index in [-0.39, 0.29) is 30.7 Å². The fourth-order valence-corrected chi connectivity index (χ4v) is 3.17. The topological polar surface area (TPSA) is 57.7 Å². The van der Waals surface area contributed by atoms with E-state index in [1.54, 1.807) is 36.2 Å². The van der Waals surface area contributed by atoms with E-state index in [0.717, 1.165) is 16.0 Å². The van der Waals surface area contributed by atoms with Crippen LogP contribution in [0.2, 0.25) is 5.02 Å². The summed E-state index contributed by atoms with van der Waals surface area (Å²) < 4.78 is 0. The highest BCUT2D eigenvalue weighted by Crippen LogP contribution is 2.24. The molecule has 6 heteroatoms.